The molecule has 0 aromatic heterocycles. The van der Waals surface area contributed by atoms with Crippen molar-refractivity contribution in [2.24, 2.45) is 17.3 Å². The van der Waals surface area contributed by atoms with Crippen molar-refractivity contribution in [3.05, 3.63) is 0 Å². The molecule has 0 bridgehead atoms. The maximum atomic E-state index is 11.9. The van der Waals surface area contributed by atoms with Gasteiger partial charge in [0, 0.05) is 6.54 Å². The third kappa shape index (κ3) is 5.20. The van der Waals surface area contributed by atoms with Crippen LogP contribution in [0, 0.1) is 17.3 Å². The lowest BCUT2D eigenvalue weighted by molar-refractivity contribution is -0.152. The highest BCUT2D eigenvalue weighted by Crippen LogP contribution is 2.19. The highest BCUT2D eigenvalue weighted by Gasteiger charge is 2.31. The normalized spacial score (nSPS) is 13.4. The van der Waals surface area contributed by atoms with Crippen molar-refractivity contribution in [2.75, 3.05) is 13.7 Å². The summed E-state index contributed by atoms with van der Waals surface area (Å²) in [5, 5.41) is 2.83. The summed E-state index contributed by atoms with van der Waals surface area (Å²) in [5.41, 5.74) is 0.0489. The zero-order valence-electron chi connectivity index (χ0n) is 11.8. The molecule has 0 rings (SSSR count). The molecule has 1 amide bonds. The number of amides is 1. The topological polar surface area (TPSA) is 55.4 Å². The SMILES string of the molecule is CCC(C)(C)CNC(=O)C(C(=O)OC)C(C)C. The summed E-state index contributed by atoms with van der Waals surface area (Å²) >= 11 is 0. The van der Waals surface area contributed by atoms with Gasteiger partial charge in [-0.15, -0.1) is 0 Å². The molecule has 0 aliphatic heterocycles. The fraction of sp³-hybridized carbons (Fsp3) is 0.846. The second-order valence-corrected chi connectivity index (χ2v) is 5.48. The number of esters is 1. The van der Waals surface area contributed by atoms with Crippen LogP contribution in [-0.4, -0.2) is 25.5 Å². The average molecular weight is 243 g/mol. The summed E-state index contributed by atoms with van der Waals surface area (Å²) in [6.07, 6.45) is 0.970. The van der Waals surface area contributed by atoms with E-state index in [1.54, 1.807) is 0 Å². The third-order valence-corrected chi connectivity index (χ3v) is 3.10. The van der Waals surface area contributed by atoms with Crippen LogP contribution in [0.25, 0.3) is 0 Å². The first-order valence-electron chi connectivity index (χ1n) is 6.10. The lowest BCUT2D eigenvalue weighted by Crippen LogP contribution is -2.42. The van der Waals surface area contributed by atoms with E-state index < -0.39 is 11.9 Å². The molecule has 4 nitrogen and oxygen atoms in total. The Morgan fingerprint density at radius 1 is 1.29 bits per heavy atom. The summed E-state index contributed by atoms with van der Waals surface area (Å²) in [6.45, 7) is 10.5. The van der Waals surface area contributed by atoms with Gasteiger partial charge >= 0.3 is 5.97 Å². The first-order chi connectivity index (χ1) is 7.75. The van der Waals surface area contributed by atoms with Gasteiger partial charge in [-0.1, -0.05) is 34.6 Å². The maximum absolute atomic E-state index is 11.9. The fourth-order valence-electron chi connectivity index (χ4n) is 1.37. The molecule has 0 radical (unpaired) electrons. The van der Waals surface area contributed by atoms with Crippen molar-refractivity contribution in [2.45, 2.75) is 41.0 Å². The largest absolute Gasteiger partial charge is 0.468 e. The van der Waals surface area contributed by atoms with Crippen molar-refractivity contribution in [3.63, 3.8) is 0 Å². The van der Waals surface area contributed by atoms with Crippen LogP contribution in [0.1, 0.15) is 41.0 Å². The van der Waals surface area contributed by atoms with E-state index in [1.807, 2.05) is 13.8 Å². The van der Waals surface area contributed by atoms with Gasteiger partial charge in [-0.2, -0.15) is 0 Å². The lowest BCUT2D eigenvalue weighted by atomic mass is 9.89. The van der Waals surface area contributed by atoms with Gasteiger partial charge in [0.1, 0.15) is 5.92 Å². The quantitative estimate of drug-likeness (QED) is 0.573. The fourth-order valence-corrected chi connectivity index (χ4v) is 1.37. The molecule has 1 N–H and O–H groups in total. The lowest BCUT2D eigenvalue weighted by Gasteiger charge is -2.25. The predicted octanol–water partition coefficient (Wildman–Crippen LogP) is 1.98. The van der Waals surface area contributed by atoms with Crippen LogP contribution in [0.3, 0.4) is 0 Å². The van der Waals surface area contributed by atoms with Crippen LogP contribution in [-0.2, 0) is 14.3 Å². The zero-order valence-corrected chi connectivity index (χ0v) is 11.8. The Labute approximate surface area is 104 Å². The van der Waals surface area contributed by atoms with Crippen LogP contribution >= 0.6 is 0 Å². The molecule has 100 valence electrons. The minimum absolute atomic E-state index is 0.0489. The van der Waals surface area contributed by atoms with E-state index in [9.17, 15) is 9.59 Å². The minimum Gasteiger partial charge on any atom is -0.468 e. The summed E-state index contributed by atoms with van der Waals surface area (Å²) < 4.78 is 4.65. The summed E-state index contributed by atoms with van der Waals surface area (Å²) in [4.78, 5) is 23.4. The molecule has 0 spiro atoms. The molecule has 1 unspecified atom stereocenters. The van der Waals surface area contributed by atoms with Gasteiger partial charge in [-0.05, 0) is 17.8 Å². The van der Waals surface area contributed by atoms with Crippen molar-refractivity contribution in [1.29, 1.82) is 0 Å². The number of hydrogen-bond donors (Lipinski definition) is 1. The molecule has 0 saturated carbocycles. The molecule has 0 aliphatic rings. The number of hydrogen-bond acceptors (Lipinski definition) is 3. The molecule has 0 saturated heterocycles. The van der Waals surface area contributed by atoms with Gasteiger partial charge in [0.05, 0.1) is 7.11 Å². The second kappa shape index (κ2) is 6.62. The van der Waals surface area contributed by atoms with Crippen LogP contribution in [0.5, 0.6) is 0 Å². The third-order valence-electron chi connectivity index (χ3n) is 3.10. The number of rotatable bonds is 6. The van der Waals surface area contributed by atoms with Crippen molar-refractivity contribution in [1.82, 2.24) is 5.32 Å². The van der Waals surface area contributed by atoms with E-state index in [2.05, 4.69) is 30.8 Å². The van der Waals surface area contributed by atoms with Gasteiger partial charge in [-0.25, -0.2) is 0 Å². The van der Waals surface area contributed by atoms with Gasteiger partial charge in [-0.3, -0.25) is 9.59 Å². The monoisotopic (exact) mass is 243 g/mol. The summed E-state index contributed by atoms with van der Waals surface area (Å²) in [7, 11) is 1.31. The van der Waals surface area contributed by atoms with Crippen LogP contribution in [0.2, 0.25) is 0 Å². The van der Waals surface area contributed by atoms with Crippen LogP contribution < -0.4 is 5.32 Å². The van der Waals surface area contributed by atoms with Gasteiger partial charge in [0.2, 0.25) is 5.91 Å². The van der Waals surface area contributed by atoms with Gasteiger partial charge in [0.15, 0.2) is 0 Å². The minimum atomic E-state index is -0.715. The molecular weight excluding hydrogens is 218 g/mol. The molecule has 0 fully saturated rings. The van der Waals surface area contributed by atoms with E-state index in [0.29, 0.717) is 6.54 Å². The van der Waals surface area contributed by atoms with E-state index >= 15 is 0 Å². The van der Waals surface area contributed by atoms with E-state index in [4.69, 9.17) is 0 Å². The molecule has 17 heavy (non-hydrogen) atoms. The Bertz CT molecular complexity index is 272. The van der Waals surface area contributed by atoms with E-state index in [0.717, 1.165) is 6.42 Å². The smallest absolute Gasteiger partial charge is 0.318 e. The first kappa shape index (κ1) is 15.9. The number of nitrogens with one attached hydrogen (secondary N) is 1. The highest BCUT2D eigenvalue weighted by molar-refractivity contribution is 5.98. The Balaban J connectivity index is 4.50. The number of carbonyl (C=O) groups is 2. The number of methoxy groups -OCH3 is 1. The maximum Gasteiger partial charge on any atom is 0.318 e. The Hall–Kier alpha value is -1.06. The molecular formula is C13H25NO3. The van der Waals surface area contributed by atoms with E-state index in [1.165, 1.54) is 7.11 Å². The first-order valence-corrected chi connectivity index (χ1v) is 6.10. The zero-order chi connectivity index (χ0) is 13.6. The van der Waals surface area contributed by atoms with Crippen LogP contribution in [0.4, 0.5) is 0 Å². The Kier molecular flexibility index (Phi) is 6.21. The summed E-state index contributed by atoms with van der Waals surface area (Å²) in [5.74, 6) is -1.49. The molecule has 4 heteroatoms. The Morgan fingerprint density at radius 3 is 2.18 bits per heavy atom. The van der Waals surface area contributed by atoms with Crippen molar-refractivity contribution < 1.29 is 14.3 Å². The van der Waals surface area contributed by atoms with Gasteiger partial charge in [0.25, 0.3) is 0 Å². The Morgan fingerprint density at radius 2 is 1.82 bits per heavy atom. The second-order valence-electron chi connectivity index (χ2n) is 5.48. The van der Waals surface area contributed by atoms with Gasteiger partial charge < -0.3 is 10.1 Å². The highest BCUT2D eigenvalue weighted by atomic mass is 16.5. The van der Waals surface area contributed by atoms with Crippen molar-refractivity contribution >= 4 is 11.9 Å². The predicted molar refractivity (Wildman–Crippen MR) is 67.4 cm³/mol. The molecule has 0 aromatic rings. The van der Waals surface area contributed by atoms with Crippen molar-refractivity contribution in [3.8, 4) is 0 Å². The number of ether oxygens (including phenoxy) is 1. The standard InChI is InChI=1S/C13H25NO3/c1-7-13(4,5)8-14-11(15)10(9(2)3)12(16)17-6/h9-10H,7-8H2,1-6H3,(H,14,15). The van der Waals surface area contributed by atoms with Crippen LogP contribution in [0.15, 0.2) is 0 Å². The molecule has 0 aromatic carbocycles. The molecule has 1 atom stereocenters. The van der Waals surface area contributed by atoms with E-state index in [-0.39, 0.29) is 17.2 Å². The number of carbonyl (C=O) groups excluding carboxylic acids is 2. The molecule has 0 aliphatic carbocycles. The average Bonchev–Trinajstić information content (AvgIpc) is 2.26. The molecule has 0 heterocycles. The summed E-state index contributed by atoms with van der Waals surface area (Å²) in [6, 6.07) is 0.